The first-order valence-electron chi connectivity index (χ1n) is 21.8. The summed E-state index contributed by atoms with van der Waals surface area (Å²) in [5.41, 5.74) is 0. The second kappa shape index (κ2) is 40.7. The van der Waals surface area contributed by atoms with Gasteiger partial charge in [-0.15, -0.1) is 0 Å². The molecule has 284 valence electrons. The lowest BCUT2D eigenvalue weighted by molar-refractivity contribution is 0.0607. The zero-order valence-corrected chi connectivity index (χ0v) is 33.4. The maximum atomic E-state index is 10.7. The molecule has 0 heterocycles. The number of aliphatic hydroxyl groups is 2. The Morgan fingerprint density at radius 3 is 0.830 bits per heavy atom. The monoisotopic (exact) mass is 684 g/mol. The summed E-state index contributed by atoms with van der Waals surface area (Å²) in [5, 5.41) is 21.5. The van der Waals surface area contributed by atoms with E-state index in [1.165, 1.54) is 193 Å². The van der Waals surface area contributed by atoms with E-state index in [0.29, 0.717) is 13.1 Å². The molecule has 0 fully saturated rings. The third-order valence-electron chi connectivity index (χ3n) is 10.4. The summed E-state index contributed by atoms with van der Waals surface area (Å²) in [6, 6.07) is 0. The predicted molar refractivity (Wildman–Crippen MR) is 215 cm³/mol. The van der Waals surface area contributed by atoms with E-state index in [-0.39, 0.29) is 12.2 Å². The largest absolute Gasteiger partial charge is 0.392 e. The Morgan fingerprint density at radius 2 is 0.596 bits per heavy atom. The molecule has 0 aromatic carbocycles. The maximum Gasteiger partial charge on any atom is 0.0667 e. The lowest BCUT2D eigenvalue weighted by Gasteiger charge is -2.27. The van der Waals surface area contributed by atoms with E-state index in [1.807, 2.05) is 0 Å². The molecule has 0 aromatic rings. The number of rotatable bonds is 41. The first-order valence-corrected chi connectivity index (χ1v) is 22.5. The molecule has 3 nitrogen and oxygen atoms in total. The summed E-state index contributed by atoms with van der Waals surface area (Å²) in [6.45, 7) is 6.91. The molecule has 0 rings (SSSR count). The Bertz CT molecular complexity index is 518. The smallest absolute Gasteiger partial charge is 0.0667 e. The van der Waals surface area contributed by atoms with Crippen LogP contribution in [-0.4, -0.2) is 52.7 Å². The van der Waals surface area contributed by atoms with Crippen LogP contribution in [-0.2, 0) is 0 Å². The molecule has 0 spiro atoms. The molecule has 0 amide bonds. The van der Waals surface area contributed by atoms with Crippen molar-refractivity contribution in [1.29, 1.82) is 0 Å². The lowest BCUT2D eigenvalue weighted by Crippen LogP contribution is -2.38. The van der Waals surface area contributed by atoms with E-state index in [2.05, 4.69) is 31.4 Å². The van der Waals surface area contributed by atoms with Gasteiger partial charge in [0.15, 0.2) is 0 Å². The van der Waals surface area contributed by atoms with Gasteiger partial charge in [-0.2, -0.15) is 12.6 Å². The third kappa shape index (κ3) is 38.9. The highest BCUT2D eigenvalue weighted by atomic mass is 32.1. The Morgan fingerprint density at radius 1 is 0.362 bits per heavy atom. The first-order chi connectivity index (χ1) is 23.1. The third-order valence-corrected chi connectivity index (χ3v) is 10.7. The first kappa shape index (κ1) is 47.2. The van der Waals surface area contributed by atoms with Crippen LogP contribution >= 0.6 is 12.6 Å². The average molecular weight is 684 g/mol. The molecule has 0 saturated heterocycles. The highest BCUT2D eigenvalue weighted by molar-refractivity contribution is 7.80. The minimum Gasteiger partial charge on any atom is -0.392 e. The van der Waals surface area contributed by atoms with Crippen molar-refractivity contribution in [1.82, 2.24) is 4.90 Å². The summed E-state index contributed by atoms with van der Waals surface area (Å²) in [6.07, 6.45) is 46.5. The summed E-state index contributed by atoms with van der Waals surface area (Å²) in [4.78, 5) is 2.30. The van der Waals surface area contributed by atoms with Crippen molar-refractivity contribution >= 4 is 12.6 Å². The molecule has 0 radical (unpaired) electrons. The molecule has 0 bridgehead atoms. The minimum atomic E-state index is -0.274. The second-order valence-corrected chi connectivity index (χ2v) is 15.8. The fourth-order valence-electron chi connectivity index (χ4n) is 7.19. The van der Waals surface area contributed by atoms with Gasteiger partial charge in [0.2, 0.25) is 0 Å². The van der Waals surface area contributed by atoms with Crippen LogP contribution in [0, 0.1) is 0 Å². The van der Waals surface area contributed by atoms with Crippen molar-refractivity contribution in [2.45, 2.75) is 251 Å². The number of hydrogen-bond donors (Lipinski definition) is 3. The lowest BCUT2D eigenvalue weighted by atomic mass is 10.0. The molecule has 0 aliphatic heterocycles. The van der Waals surface area contributed by atoms with Crippen LogP contribution < -0.4 is 0 Å². The number of thiol groups is 1. The maximum absolute atomic E-state index is 10.7. The minimum absolute atomic E-state index is 0.274. The van der Waals surface area contributed by atoms with Gasteiger partial charge in [0.1, 0.15) is 0 Å². The number of aliphatic hydroxyl groups excluding tert-OH is 2. The van der Waals surface area contributed by atoms with E-state index in [1.54, 1.807) is 0 Å². The second-order valence-electron chi connectivity index (χ2n) is 15.3. The van der Waals surface area contributed by atoms with Gasteiger partial charge >= 0.3 is 0 Å². The molecule has 0 aliphatic rings. The molecule has 0 aromatic heterocycles. The van der Waals surface area contributed by atoms with Crippen molar-refractivity contribution in [2.75, 3.05) is 25.4 Å². The van der Waals surface area contributed by atoms with Gasteiger partial charge in [0, 0.05) is 13.1 Å². The van der Waals surface area contributed by atoms with E-state index in [9.17, 15) is 10.2 Å². The fraction of sp³-hybridized carbons (Fsp3) is 1.00. The van der Waals surface area contributed by atoms with Crippen LogP contribution in [0.4, 0.5) is 0 Å². The molecule has 4 heteroatoms. The molecule has 2 N–H and O–H groups in total. The normalized spacial score (nSPS) is 13.1. The van der Waals surface area contributed by atoms with Crippen LogP contribution in [0.1, 0.15) is 239 Å². The van der Waals surface area contributed by atoms with Gasteiger partial charge in [-0.05, 0) is 31.6 Å². The molecular weight excluding hydrogens is 595 g/mol. The van der Waals surface area contributed by atoms with E-state index in [4.69, 9.17) is 0 Å². The topological polar surface area (TPSA) is 43.7 Å². The zero-order valence-electron chi connectivity index (χ0n) is 32.5. The highest BCUT2D eigenvalue weighted by Crippen LogP contribution is 2.17. The summed E-state index contributed by atoms with van der Waals surface area (Å²) >= 11 is 4.41. The number of unbranched alkanes of at least 4 members (excludes halogenated alkanes) is 30. The van der Waals surface area contributed by atoms with Gasteiger partial charge in [0.25, 0.3) is 0 Å². The van der Waals surface area contributed by atoms with E-state index < -0.39 is 0 Å². The molecular formula is C43H89NO2S. The zero-order chi connectivity index (χ0) is 34.3. The average Bonchev–Trinajstić information content (AvgIpc) is 3.06. The molecule has 0 saturated carbocycles. The van der Waals surface area contributed by atoms with Crippen molar-refractivity contribution in [3.05, 3.63) is 0 Å². The Hall–Kier alpha value is 0.230. The Balaban J connectivity index is 3.67. The number of nitrogens with zero attached hydrogens (tertiary/aromatic N) is 1. The van der Waals surface area contributed by atoms with Crippen LogP contribution in [0.5, 0.6) is 0 Å². The van der Waals surface area contributed by atoms with Gasteiger partial charge < -0.3 is 10.2 Å². The van der Waals surface area contributed by atoms with Gasteiger partial charge in [-0.25, -0.2) is 0 Å². The van der Waals surface area contributed by atoms with Gasteiger partial charge in [0.05, 0.1) is 12.2 Å². The highest BCUT2D eigenvalue weighted by Gasteiger charge is 2.15. The summed E-state index contributed by atoms with van der Waals surface area (Å²) < 4.78 is 0. The summed E-state index contributed by atoms with van der Waals surface area (Å²) in [7, 11) is 0. The van der Waals surface area contributed by atoms with Crippen LogP contribution in [0.3, 0.4) is 0 Å². The summed E-state index contributed by atoms with van der Waals surface area (Å²) in [5.74, 6) is 0.862. The van der Waals surface area contributed by atoms with Crippen LogP contribution in [0.2, 0.25) is 0 Å². The SMILES string of the molecule is CCCCCCCCCCCCCCCCCCC(O)CN(CCCS)CC(O)CCCCCCCCCCCCCCCCCC. The van der Waals surface area contributed by atoms with Crippen molar-refractivity contribution in [3.63, 3.8) is 0 Å². The standard InChI is InChI=1S/C43H89NO2S/c1-3-5-7-9-11-13-15-17-19-21-23-25-27-29-31-33-36-42(45)40-44(38-35-39-47)41-43(46)37-34-32-30-28-26-24-22-20-18-16-14-12-10-8-6-4-2/h42-43,45-47H,3-41H2,1-2H3. The van der Waals surface area contributed by atoms with E-state index in [0.717, 1.165) is 44.4 Å². The van der Waals surface area contributed by atoms with E-state index >= 15 is 0 Å². The molecule has 2 unspecified atom stereocenters. The number of hydrogen-bond acceptors (Lipinski definition) is 4. The molecule has 0 aliphatic carbocycles. The predicted octanol–water partition coefficient (Wildman–Crippen LogP) is 13.6. The fourth-order valence-corrected chi connectivity index (χ4v) is 7.33. The Kier molecular flexibility index (Phi) is 40.9. The van der Waals surface area contributed by atoms with Crippen molar-refractivity contribution in [3.8, 4) is 0 Å². The van der Waals surface area contributed by atoms with Crippen molar-refractivity contribution < 1.29 is 10.2 Å². The van der Waals surface area contributed by atoms with Gasteiger partial charge in [-0.1, -0.05) is 219 Å². The van der Waals surface area contributed by atoms with Crippen LogP contribution in [0.15, 0.2) is 0 Å². The molecule has 2 atom stereocenters. The Labute approximate surface area is 303 Å². The van der Waals surface area contributed by atoms with Crippen LogP contribution in [0.25, 0.3) is 0 Å². The quantitative estimate of drug-likeness (QED) is 0.0444. The van der Waals surface area contributed by atoms with Crippen molar-refractivity contribution in [2.24, 2.45) is 0 Å². The molecule has 47 heavy (non-hydrogen) atoms. The van der Waals surface area contributed by atoms with Gasteiger partial charge in [-0.3, -0.25) is 4.90 Å².